The van der Waals surface area contributed by atoms with E-state index in [1.807, 2.05) is 25.5 Å². The average molecular weight is 304 g/mol. The van der Waals surface area contributed by atoms with Gasteiger partial charge in [-0.1, -0.05) is 19.1 Å². The number of halogens is 1. The lowest BCUT2D eigenvalue weighted by Crippen LogP contribution is -2.43. The van der Waals surface area contributed by atoms with Crippen molar-refractivity contribution in [2.75, 3.05) is 0 Å². The zero-order chi connectivity index (χ0) is 16.1. The molecule has 0 aliphatic rings. The number of aryl methyl sites for hydroxylation is 1. The van der Waals surface area contributed by atoms with Gasteiger partial charge in [0.25, 0.3) is 0 Å². The molecule has 6 heteroatoms. The first-order chi connectivity index (χ1) is 10.5. The van der Waals surface area contributed by atoms with Crippen LogP contribution in [0.15, 0.2) is 36.7 Å². The van der Waals surface area contributed by atoms with Crippen LogP contribution in [-0.2, 0) is 7.05 Å². The van der Waals surface area contributed by atoms with Gasteiger partial charge in [0.2, 0.25) is 0 Å². The van der Waals surface area contributed by atoms with Gasteiger partial charge < -0.3 is 15.2 Å². The van der Waals surface area contributed by atoms with Crippen molar-refractivity contribution >= 4 is 6.03 Å². The number of amides is 2. The van der Waals surface area contributed by atoms with Crippen LogP contribution in [0, 0.1) is 5.82 Å². The molecule has 0 fully saturated rings. The maximum absolute atomic E-state index is 13.1. The van der Waals surface area contributed by atoms with Gasteiger partial charge in [-0.15, -0.1) is 0 Å². The zero-order valence-electron chi connectivity index (χ0n) is 13.0. The molecular weight excluding hydrogens is 283 g/mol. The molecule has 118 valence electrons. The predicted molar refractivity (Wildman–Crippen MR) is 82.9 cm³/mol. The van der Waals surface area contributed by atoms with E-state index in [0.717, 1.165) is 12.0 Å². The number of carbonyl (C=O) groups excluding carboxylic acids is 1. The summed E-state index contributed by atoms with van der Waals surface area (Å²) in [6.07, 6.45) is 4.32. The van der Waals surface area contributed by atoms with Crippen LogP contribution in [0.5, 0.6) is 0 Å². The number of hydrogen-bond donors (Lipinski definition) is 2. The SMILES string of the molecule is CCC(C)NC(=O)NC(c1ccc(F)cc1)c1nccn1C. The summed E-state index contributed by atoms with van der Waals surface area (Å²) in [4.78, 5) is 16.4. The molecular formula is C16H21FN4O. The molecule has 2 aromatic rings. The first-order valence-corrected chi connectivity index (χ1v) is 7.31. The molecule has 5 nitrogen and oxygen atoms in total. The molecule has 0 aliphatic carbocycles. The second-order valence-corrected chi connectivity index (χ2v) is 5.31. The number of aromatic nitrogens is 2. The van der Waals surface area contributed by atoms with E-state index in [2.05, 4.69) is 15.6 Å². The quantitative estimate of drug-likeness (QED) is 0.892. The van der Waals surface area contributed by atoms with Gasteiger partial charge in [0.15, 0.2) is 0 Å². The Hall–Kier alpha value is -2.37. The van der Waals surface area contributed by atoms with E-state index < -0.39 is 6.04 Å². The average Bonchev–Trinajstić information content (AvgIpc) is 2.91. The zero-order valence-corrected chi connectivity index (χ0v) is 13.0. The van der Waals surface area contributed by atoms with Gasteiger partial charge in [0.05, 0.1) is 0 Å². The lowest BCUT2D eigenvalue weighted by Gasteiger charge is -2.21. The third kappa shape index (κ3) is 3.84. The summed E-state index contributed by atoms with van der Waals surface area (Å²) in [7, 11) is 1.85. The molecule has 2 amide bonds. The normalized spacial score (nSPS) is 13.5. The van der Waals surface area contributed by atoms with Gasteiger partial charge in [-0.05, 0) is 31.0 Å². The minimum absolute atomic E-state index is 0.0789. The molecule has 1 aromatic heterocycles. The van der Waals surface area contributed by atoms with Gasteiger partial charge in [-0.3, -0.25) is 0 Å². The Morgan fingerprint density at radius 3 is 2.55 bits per heavy atom. The summed E-state index contributed by atoms with van der Waals surface area (Å²) in [6.45, 7) is 3.94. The van der Waals surface area contributed by atoms with E-state index >= 15 is 0 Å². The van der Waals surface area contributed by atoms with E-state index in [9.17, 15) is 9.18 Å². The first kappa shape index (κ1) is 16.0. The Kier molecular flexibility index (Phi) is 5.14. The molecule has 2 unspecified atom stereocenters. The fraction of sp³-hybridized carbons (Fsp3) is 0.375. The van der Waals surface area contributed by atoms with Crippen molar-refractivity contribution in [2.24, 2.45) is 7.05 Å². The lowest BCUT2D eigenvalue weighted by atomic mass is 10.1. The molecule has 0 saturated heterocycles. The van der Waals surface area contributed by atoms with E-state index in [-0.39, 0.29) is 17.9 Å². The van der Waals surface area contributed by atoms with Crippen molar-refractivity contribution in [3.05, 3.63) is 53.9 Å². The van der Waals surface area contributed by atoms with Crippen molar-refractivity contribution in [3.63, 3.8) is 0 Å². The monoisotopic (exact) mass is 304 g/mol. The summed E-state index contributed by atoms with van der Waals surface area (Å²) >= 11 is 0. The number of urea groups is 1. The van der Waals surface area contributed by atoms with Crippen molar-refractivity contribution in [3.8, 4) is 0 Å². The summed E-state index contributed by atoms with van der Waals surface area (Å²) in [5, 5.41) is 5.77. The van der Waals surface area contributed by atoms with Crippen LogP contribution in [0.4, 0.5) is 9.18 Å². The van der Waals surface area contributed by atoms with E-state index in [4.69, 9.17) is 0 Å². The number of benzene rings is 1. The van der Waals surface area contributed by atoms with Gasteiger partial charge in [-0.25, -0.2) is 14.2 Å². The minimum Gasteiger partial charge on any atom is -0.336 e. The Bertz CT molecular complexity index is 623. The van der Waals surface area contributed by atoms with Gasteiger partial charge >= 0.3 is 6.03 Å². The second-order valence-electron chi connectivity index (χ2n) is 5.31. The van der Waals surface area contributed by atoms with Crippen molar-refractivity contribution in [2.45, 2.75) is 32.4 Å². The maximum Gasteiger partial charge on any atom is 0.315 e. The van der Waals surface area contributed by atoms with Crippen LogP contribution in [0.25, 0.3) is 0 Å². The topological polar surface area (TPSA) is 59.0 Å². The molecule has 1 aromatic carbocycles. The Morgan fingerprint density at radius 2 is 2.00 bits per heavy atom. The molecule has 0 radical (unpaired) electrons. The summed E-state index contributed by atoms with van der Waals surface area (Å²) in [5.41, 5.74) is 0.773. The summed E-state index contributed by atoms with van der Waals surface area (Å²) in [6, 6.07) is 5.42. The maximum atomic E-state index is 13.1. The van der Waals surface area contributed by atoms with Crippen LogP contribution in [0.1, 0.15) is 37.7 Å². The van der Waals surface area contributed by atoms with Crippen molar-refractivity contribution in [1.82, 2.24) is 20.2 Å². The van der Waals surface area contributed by atoms with Crippen molar-refractivity contribution in [1.29, 1.82) is 0 Å². The highest BCUT2D eigenvalue weighted by Crippen LogP contribution is 2.20. The number of hydrogen-bond acceptors (Lipinski definition) is 2. The van der Waals surface area contributed by atoms with Crippen LogP contribution < -0.4 is 10.6 Å². The Labute approximate surface area is 129 Å². The van der Waals surface area contributed by atoms with Gasteiger partial charge in [0.1, 0.15) is 17.7 Å². The summed E-state index contributed by atoms with van der Waals surface area (Å²) < 4.78 is 15.0. The smallest absolute Gasteiger partial charge is 0.315 e. The van der Waals surface area contributed by atoms with E-state index in [1.165, 1.54) is 12.1 Å². The van der Waals surface area contributed by atoms with Crippen LogP contribution in [0.2, 0.25) is 0 Å². The molecule has 0 spiro atoms. The summed E-state index contributed by atoms with van der Waals surface area (Å²) in [5.74, 6) is 0.373. The molecule has 1 heterocycles. The molecule has 2 atom stereocenters. The largest absolute Gasteiger partial charge is 0.336 e. The number of nitrogens with one attached hydrogen (secondary N) is 2. The van der Waals surface area contributed by atoms with Crippen LogP contribution >= 0.6 is 0 Å². The highest BCUT2D eigenvalue weighted by molar-refractivity contribution is 5.75. The third-order valence-electron chi connectivity index (χ3n) is 3.59. The second kappa shape index (κ2) is 7.06. The minimum atomic E-state index is -0.440. The number of carbonyl (C=O) groups is 1. The lowest BCUT2D eigenvalue weighted by molar-refractivity contribution is 0.234. The van der Waals surface area contributed by atoms with E-state index in [1.54, 1.807) is 24.5 Å². The fourth-order valence-corrected chi connectivity index (χ4v) is 2.11. The molecule has 2 N–H and O–H groups in total. The number of imidazole rings is 1. The van der Waals surface area contributed by atoms with Crippen LogP contribution in [0.3, 0.4) is 0 Å². The third-order valence-corrected chi connectivity index (χ3v) is 3.59. The molecule has 0 bridgehead atoms. The standard InChI is InChI=1S/C16H21FN4O/c1-4-11(2)19-16(22)20-14(15-18-9-10-21(15)3)12-5-7-13(17)8-6-12/h5-11,14H,4H2,1-3H3,(H2,19,20,22). The van der Waals surface area contributed by atoms with Crippen LogP contribution in [-0.4, -0.2) is 21.6 Å². The molecule has 22 heavy (non-hydrogen) atoms. The molecule has 0 aliphatic heterocycles. The Morgan fingerprint density at radius 1 is 1.32 bits per heavy atom. The molecule has 2 rings (SSSR count). The fourth-order valence-electron chi connectivity index (χ4n) is 2.11. The number of nitrogens with zero attached hydrogens (tertiary/aromatic N) is 2. The number of rotatable bonds is 5. The highest BCUT2D eigenvalue weighted by atomic mass is 19.1. The highest BCUT2D eigenvalue weighted by Gasteiger charge is 2.21. The van der Waals surface area contributed by atoms with Crippen molar-refractivity contribution < 1.29 is 9.18 Å². The molecule has 0 saturated carbocycles. The predicted octanol–water partition coefficient (Wildman–Crippen LogP) is 2.75. The van der Waals surface area contributed by atoms with Gasteiger partial charge in [0, 0.05) is 25.5 Å². The Balaban J connectivity index is 2.25. The first-order valence-electron chi connectivity index (χ1n) is 7.31. The van der Waals surface area contributed by atoms with E-state index in [0.29, 0.717) is 5.82 Å². The van der Waals surface area contributed by atoms with Gasteiger partial charge in [-0.2, -0.15) is 0 Å².